The highest BCUT2D eigenvalue weighted by atomic mass is 19.4. The van der Waals surface area contributed by atoms with Crippen LogP contribution >= 0.6 is 0 Å². The lowest BCUT2D eigenvalue weighted by Gasteiger charge is -2.21. The van der Waals surface area contributed by atoms with E-state index in [0.29, 0.717) is 12.1 Å². The number of nitrogens with zero attached hydrogens (tertiary/aromatic N) is 4. The van der Waals surface area contributed by atoms with E-state index >= 15 is 0 Å². The SMILES string of the molecule is CCN(CC)c1ncnc2ccc(-c3cccc(CN(C)C(=O)c4ccc(C(F)(F)F)cc4F)c3)cc12. The van der Waals surface area contributed by atoms with Gasteiger partial charge in [-0.15, -0.1) is 0 Å². The van der Waals surface area contributed by atoms with Gasteiger partial charge < -0.3 is 9.80 Å². The van der Waals surface area contributed by atoms with Crippen LogP contribution in [0.4, 0.5) is 23.4 Å². The minimum Gasteiger partial charge on any atom is -0.357 e. The predicted molar refractivity (Wildman–Crippen MR) is 136 cm³/mol. The lowest BCUT2D eigenvalue weighted by atomic mass is 10.0. The molecule has 1 heterocycles. The van der Waals surface area contributed by atoms with Gasteiger partial charge in [0.1, 0.15) is 18.0 Å². The number of benzene rings is 3. The molecule has 4 rings (SSSR count). The molecule has 5 nitrogen and oxygen atoms in total. The highest BCUT2D eigenvalue weighted by Crippen LogP contribution is 2.31. The molecule has 0 spiro atoms. The largest absolute Gasteiger partial charge is 0.416 e. The van der Waals surface area contributed by atoms with Crippen molar-refractivity contribution in [3.63, 3.8) is 0 Å². The summed E-state index contributed by atoms with van der Waals surface area (Å²) in [6.45, 7) is 5.90. The van der Waals surface area contributed by atoms with Gasteiger partial charge in [0, 0.05) is 32.1 Å². The third-order valence-corrected chi connectivity index (χ3v) is 6.23. The van der Waals surface area contributed by atoms with Crippen molar-refractivity contribution < 1.29 is 22.4 Å². The zero-order valence-corrected chi connectivity index (χ0v) is 20.7. The Hall–Kier alpha value is -4.01. The van der Waals surface area contributed by atoms with E-state index in [1.165, 1.54) is 11.9 Å². The molecule has 4 aromatic rings. The first-order valence-electron chi connectivity index (χ1n) is 11.8. The Morgan fingerprint density at radius 3 is 2.32 bits per heavy atom. The average Bonchev–Trinajstić information content (AvgIpc) is 2.88. The fourth-order valence-corrected chi connectivity index (χ4v) is 4.26. The maximum Gasteiger partial charge on any atom is 0.416 e. The van der Waals surface area contributed by atoms with Gasteiger partial charge in [-0.05, 0) is 66.9 Å². The monoisotopic (exact) mass is 510 g/mol. The number of hydrogen-bond donors (Lipinski definition) is 0. The molecule has 192 valence electrons. The van der Waals surface area contributed by atoms with Crippen molar-refractivity contribution in [2.45, 2.75) is 26.6 Å². The van der Waals surface area contributed by atoms with E-state index in [9.17, 15) is 22.4 Å². The molecule has 1 amide bonds. The topological polar surface area (TPSA) is 49.3 Å². The number of carbonyl (C=O) groups excluding carboxylic acids is 1. The number of fused-ring (bicyclic) bond motifs is 1. The Morgan fingerprint density at radius 1 is 0.919 bits per heavy atom. The van der Waals surface area contributed by atoms with Crippen LogP contribution in [0, 0.1) is 5.82 Å². The zero-order valence-electron chi connectivity index (χ0n) is 20.7. The third kappa shape index (κ3) is 5.55. The van der Waals surface area contributed by atoms with Crippen molar-refractivity contribution in [2.24, 2.45) is 0 Å². The lowest BCUT2D eigenvalue weighted by molar-refractivity contribution is -0.137. The molecule has 0 bridgehead atoms. The van der Waals surface area contributed by atoms with E-state index in [2.05, 4.69) is 28.7 Å². The molecule has 3 aromatic carbocycles. The van der Waals surface area contributed by atoms with Gasteiger partial charge in [0.25, 0.3) is 5.91 Å². The van der Waals surface area contributed by atoms with Crippen LogP contribution in [0.5, 0.6) is 0 Å². The van der Waals surface area contributed by atoms with Crippen LogP contribution in [-0.2, 0) is 12.7 Å². The van der Waals surface area contributed by atoms with E-state index in [-0.39, 0.29) is 6.54 Å². The molecule has 0 aliphatic carbocycles. The van der Waals surface area contributed by atoms with Gasteiger partial charge in [-0.25, -0.2) is 14.4 Å². The number of alkyl halides is 3. The van der Waals surface area contributed by atoms with Gasteiger partial charge in [-0.3, -0.25) is 4.79 Å². The summed E-state index contributed by atoms with van der Waals surface area (Å²) in [5.74, 6) is -1.05. The molecule has 0 aliphatic heterocycles. The summed E-state index contributed by atoms with van der Waals surface area (Å²) in [5, 5.41) is 0.930. The number of carbonyl (C=O) groups is 1. The Balaban J connectivity index is 1.59. The number of halogens is 4. The average molecular weight is 511 g/mol. The normalized spacial score (nSPS) is 11.5. The van der Waals surface area contributed by atoms with Crippen LogP contribution < -0.4 is 4.90 Å². The Kier molecular flexibility index (Phi) is 7.42. The molecule has 9 heteroatoms. The van der Waals surface area contributed by atoms with Crippen molar-refractivity contribution in [3.8, 4) is 11.1 Å². The summed E-state index contributed by atoms with van der Waals surface area (Å²) in [6.07, 6.45) is -3.13. The van der Waals surface area contributed by atoms with Gasteiger partial charge in [0.05, 0.1) is 16.6 Å². The summed E-state index contributed by atoms with van der Waals surface area (Å²) >= 11 is 0. The second-order valence-electron chi connectivity index (χ2n) is 8.66. The molecule has 0 N–H and O–H groups in total. The van der Waals surface area contributed by atoms with Crippen LogP contribution in [0.15, 0.2) is 67.0 Å². The van der Waals surface area contributed by atoms with Crippen LogP contribution in [0.2, 0.25) is 0 Å². The lowest BCUT2D eigenvalue weighted by Crippen LogP contribution is -2.27. The molecule has 37 heavy (non-hydrogen) atoms. The number of aromatic nitrogens is 2. The molecule has 1 aromatic heterocycles. The fraction of sp³-hybridized carbons (Fsp3) is 0.250. The number of anilines is 1. The van der Waals surface area contributed by atoms with Crippen LogP contribution in [0.3, 0.4) is 0 Å². The molecule has 0 aliphatic rings. The van der Waals surface area contributed by atoms with Crippen molar-refractivity contribution in [2.75, 3.05) is 25.0 Å². The van der Waals surface area contributed by atoms with E-state index < -0.39 is 29.0 Å². The van der Waals surface area contributed by atoms with E-state index in [1.807, 2.05) is 42.5 Å². The number of rotatable bonds is 7. The summed E-state index contributed by atoms with van der Waals surface area (Å²) in [7, 11) is 1.48. The standard InChI is InChI=1S/C28H26F4N4O/c1-4-36(5-2)26-23-14-20(9-12-25(23)33-17-34-26)19-8-6-7-18(13-19)16-35(3)27(37)22-11-10-21(15-24(22)29)28(30,31)32/h6-15,17H,4-5,16H2,1-3H3. The summed E-state index contributed by atoms with van der Waals surface area (Å²) in [5.41, 5.74) is 1.93. The molecular formula is C28H26F4N4O. The van der Waals surface area contributed by atoms with Gasteiger partial charge >= 0.3 is 6.18 Å². The quantitative estimate of drug-likeness (QED) is 0.264. The summed E-state index contributed by atoms with van der Waals surface area (Å²) in [6, 6.07) is 15.4. The van der Waals surface area contributed by atoms with Crippen molar-refractivity contribution >= 4 is 22.6 Å². The Labute approximate surface area is 212 Å². The van der Waals surface area contributed by atoms with E-state index in [4.69, 9.17) is 0 Å². The first kappa shape index (κ1) is 26.1. The zero-order chi connectivity index (χ0) is 26.7. The first-order chi connectivity index (χ1) is 17.6. The maximum atomic E-state index is 14.3. The fourth-order valence-electron chi connectivity index (χ4n) is 4.26. The number of hydrogen-bond acceptors (Lipinski definition) is 4. The molecule has 0 saturated heterocycles. The van der Waals surface area contributed by atoms with E-state index in [0.717, 1.165) is 52.6 Å². The minimum absolute atomic E-state index is 0.147. The molecule has 0 fully saturated rings. The predicted octanol–water partition coefficient (Wildman–Crippen LogP) is 6.57. The molecule has 0 saturated carbocycles. The van der Waals surface area contributed by atoms with Gasteiger partial charge in [0.2, 0.25) is 0 Å². The third-order valence-electron chi connectivity index (χ3n) is 6.23. The van der Waals surface area contributed by atoms with Crippen LogP contribution in [0.25, 0.3) is 22.0 Å². The molecule has 0 radical (unpaired) electrons. The maximum absolute atomic E-state index is 14.3. The first-order valence-corrected chi connectivity index (χ1v) is 11.8. The molecule has 0 unspecified atom stereocenters. The van der Waals surface area contributed by atoms with Crippen LogP contribution in [-0.4, -0.2) is 40.9 Å². The van der Waals surface area contributed by atoms with Gasteiger partial charge in [-0.2, -0.15) is 13.2 Å². The smallest absolute Gasteiger partial charge is 0.357 e. The van der Waals surface area contributed by atoms with Crippen molar-refractivity contribution in [3.05, 3.63) is 89.5 Å². The summed E-state index contributed by atoms with van der Waals surface area (Å²) in [4.78, 5) is 25.1. The van der Waals surface area contributed by atoms with Crippen molar-refractivity contribution in [1.82, 2.24) is 14.9 Å². The van der Waals surface area contributed by atoms with Gasteiger partial charge in [0.15, 0.2) is 0 Å². The van der Waals surface area contributed by atoms with Crippen molar-refractivity contribution in [1.29, 1.82) is 0 Å². The van der Waals surface area contributed by atoms with E-state index in [1.54, 1.807) is 6.33 Å². The second-order valence-corrected chi connectivity index (χ2v) is 8.66. The highest BCUT2D eigenvalue weighted by Gasteiger charge is 2.32. The minimum atomic E-state index is -4.68. The Bertz CT molecular complexity index is 1430. The summed E-state index contributed by atoms with van der Waals surface area (Å²) < 4.78 is 52.8. The molecular weight excluding hydrogens is 484 g/mol. The van der Waals surface area contributed by atoms with Gasteiger partial charge in [-0.1, -0.05) is 24.3 Å². The second kappa shape index (κ2) is 10.5. The highest BCUT2D eigenvalue weighted by molar-refractivity contribution is 5.94. The molecule has 0 atom stereocenters. The van der Waals surface area contributed by atoms with Crippen LogP contribution in [0.1, 0.15) is 35.3 Å². The number of amides is 1. The Morgan fingerprint density at radius 2 is 1.65 bits per heavy atom.